The van der Waals surface area contributed by atoms with Gasteiger partial charge in [-0.2, -0.15) is 0 Å². The predicted molar refractivity (Wildman–Crippen MR) is 68.2 cm³/mol. The van der Waals surface area contributed by atoms with Crippen molar-refractivity contribution >= 4 is 11.6 Å². The van der Waals surface area contributed by atoms with Gasteiger partial charge in [-0.15, -0.1) is 0 Å². The molecule has 2 rings (SSSR count). The highest BCUT2D eigenvalue weighted by molar-refractivity contribution is 6.29. The van der Waals surface area contributed by atoms with Crippen LogP contribution in [0, 0.1) is 0 Å². The van der Waals surface area contributed by atoms with E-state index >= 15 is 0 Å². The first-order valence-corrected chi connectivity index (χ1v) is 6.10. The van der Waals surface area contributed by atoms with Gasteiger partial charge < -0.3 is 9.52 Å². The van der Waals surface area contributed by atoms with Gasteiger partial charge in [-0.1, -0.05) is 37.6 Å². The molecule has 0 amide bonds. The summed E-state index contributed by atoms with van der Waals surface area (Å²) < 4.78 is 4.97. The summed E-state index contributed by atoms with van der Waals surface area (Å²) >= 11 is 5.84. The van der Waals surface area contributed by atoms with Gasteiger partial charge in [-0.3, -0.25) is 0 Å². The zero-order valence-electron chi connectivity index (χ0n) is 9.69. The van der Waals surface area contributed by atoms with Gasteiger partial charge in [0.15, 0.2) is 5.22 Å². The van der Waals surface area contributed by atoms with Crippen LogP contribution in [-0.2, 0) is 6.42 Å². The molecule has 1 unspecified atom stereocenters. The van der Waals surface area contributed by atoms with Crippen LogP contribution in [0.2, 0.25) is 5.22 Å². The molecule has 1 aromatic heterocycles. The van der Waals surface area contributed by atoms with E-state index in [0.717, 1.165) is 18.4 Å². The maximum Gasteiger partial charge on any atom is 0.199 e. The van der Waals surface area contributed by atoms with Crippen LogP contribution in [-0.4, -0.2) is 5.11 Å². The van der Waals surface area contributed by atoms with Gasteiger partial charge in [0.2, 0.25) is 0 Å². The van der Waals surface area contributed by atoms with Crippen LogP contribution >= 0.6 is 11.6 Å². The van der Waals surface area contributed by atoms with Crippen LogP contribution in [0.1, 0.15) is 36.1 Å². The number of aliphatic hydroxyl groups excluding tert-OH is 1. The Morgan fingerprint density at radius 1 is 1.24 bits per heavy atom. The number of halogens is 1. The molecule has 3 heteroatoms. The number of furan rings is 1. The lowest BCUT2D eigenvalue weighted by molar-refractivity contribution is 0.219. The topological polar surface area (TPSA) is 33.4 Å². The highest BCUT2D eigenvalue weighted by Gasteiger charge is 2.15. The summed E-state index contributed by atoms with van der Waals surface area (Å²) in [6.45, 7) is 2.15. The van der Waals surface area contributed by atoms with Gasteiger partial charge in [0.1, 0.15) is 6.10 Å². The molecule has 0 aliphatic heterocycles. The highest BCUT2D eigenvalue weighted by atomic mass is 35.5. The molecule has 2 aromatic rings. The molecule has 0 radical (unpaired) electrons. The number of hydrogen-bond donors (Lipinski definition) is 1. The third kappa shape index (κ3) is 2.71. The van der Waals surface area contributed by atoms with Crippen LogP contribution in [0.25, 0.3) is 0 Å². The van der Waals surface area contributed by atoms with E-state index in [2.05, 4.69) is 6.92 Å². The maximum absolute atomic E-state index is 10.1. The van der Waals surface area contributed by atoms with Gasteiger partial charge in [-0.05, 0) is 35.2 Å². The minimum absolute atomic E-state index is 0.245. The number of aliphatic hydroxyl groups is 1. The van der Waals surface area contributed by atoms with E-state index in [1.165, 1.54) is 11.8 Å². The first-order chi connectivity index (χ1) is 8.22. The Labute approximate surface area is 106 Å². The van der Waals surface area contributed by atoms with Crippen LogP contribution in [0.4, 0.5) is 0 Å². The molecular formula is C14H15ClO2. The van der Waals surface area contributed by atoms with E-state index in [0.29, 0.717) is 5.56 Å². The standard InChI is InChI=1S/C14H15ClO2/c1-2-3-10-4-6-11(7-5-10)13(16)12-8-9-17-14(12)15/h4-9,13,16H,2-3H2,1H3. The van der Waals surface area contributed by atoms with E-state index in [9.17, 15) is 5.11 Å². The second-order valence-corrected chi connectivity index (χ2v) is 4.39. The van der Waals surface area contributed by atoms with Crippen molar-refractivity contribution in [1.29, 1.82) is 0 Å². The van der Waals surface area contributed by atoms with E-state index in [4.69, 9.17) is 16.0 Å². The molecule has 1 N–H and O–H groups in total. The molecular weight excluding hydrogens is 236 g/mol. The number of aryl methyl sites for hydroxylation is 1. The summed E-state index contributed by atoms with van der Waals surface area (Å²) in [5.74, 6) is 0. The first kappa shape index (κ1) is 12.2. The molecule has 0 aliphatic carbocycles. The zero-order valence-corrected chi connectivity index (χ0v) is 10.4. The van der Waals surface area contributed by atoms with Gasteiger partial charge in [-0.25, -0.2) is 0 Å². The lowest BCUT2D eigenvalue weighted by Gasteiger charge is -2.10. The van der Waals surface area contributed by atoms with E-state index in [-0.39, 0.29) is 5.22 Å². The number of hydrogen-bond acceptors (Lipinski definition) is 2. The third-order valence-corrected chi connectivity index (χ3v) is 3.08. The summed E-state index contributed by atoms with van der Waals surface area (Å²) in [6, 6.07) is 9.62. The number of benzene rings is 1. The van der Waals surface area contributed by atoms with Crippen molar-refractivity contribution in [3.8, 4) is 0 Å². The molecule has 2 nitrogen and oxygen atoms in total. The minimum Gasteiger partial charge on any atom is -0.453 e. The molecule has 0 aliphatic rings. The van der Waals surface area contributed by atoms with Crippen molar-refractivity contribution in [2.75, 3.05) is 0 Å². The maximum atomic E-state index is 10.1. The molecule has 0 spiro atoms. The summed E-state index contributed by atoms with van der Waals surface area (Å²) in [7, 11) is 0. The largest absolute Gasteiger partial charge is 0.453 e. The third-order valence-electron chi connectivity index (χ3n) is 2.77. The Bertz CT molecular complexity index is 473. The Morgan fingerprint density at radius 3 is 2.47 bits per heavy atom. The average molecular weight is 251 g/mol. The van der Waals surface area contributed by atoms with Crippen molar-refractivity contribution in [3.63, 3.8) is 0 Å². The molecule has 0 bridgehead atoms. The lowest BCUT2D eigenvalue weighted by Crippen LogP contribution is -1.98. The molecule has 17 heavy (non-hydrogen) atoms. The predicted octanol–water partition coefficient (Wildman–Crippen LogP) is 3.97. The molecule has 1 aromatic carbocycles. The fraction of sp³-hybridized carbons (Fsp3) is 0.286. The van der Waals surface area contributed by atoms with E-state index in [1.54, 1.807) is 6.07 Å². The lowest BCUT2D eigenvalue weighted by atomic mass is 10.0. The molecule has 90 valence electrons. The molecule has 1 heterocycles. The summed E-state index contributed by atoms with van der Waals surface area (Å²) in [5.41, 5.74) is 2.71. The summed E-state index contributed by atoms with van der Waals surface area (Å²) in [4.78, 5) is 0. The van der Waals surface area contributed by atoms with Crippen molar-refractivity contribution in [2.24, 2.45) is 0 Å². The summed E-state index contributed by atoms with van der Waals surface area (Å²) in [5, 5.41) is 10.4. The molecule has 0 saturated heterocycles. The number of rotatable bonds is 4. The Balaban J connectivity index is 2.20. The summed E-state index contributed by atoms with van der Waals surface area (Å²) in [6.07, 6.45) is 2.93. The first-order valence-electron chi connectivity index (χ1n) is 5.72. The van der Waals surface area contributed by atoms with Crippen LogP contribution in [0.15, 0.2) is 41.0 Å². The van der Waals surface area contributed by atoms with Crippen molar-refractivity contribution < 1.29 is 9.52 Å². The van der Waals surface area contributed by atoms with Crippen molar-refractivity contribution in [3.05, 3.63) is 58.5 Å². The minimum atomic E-state index is -0.725. The molecule has 0 saturated carbocycles. The molecule has 1 atom stereocenters. The highest BCUT2D eigenvalue weighted by Crippen LogP contribution is 2.29. The molecule has 0 fully saturated rings. The second-order valence-electron chi connectivity index (χ2n) is 4.04. The fourth-order valence-electron chi connectivity index (χ4n) is 1.83. The Morgan fingerprint density at radius 2 is 1.94 bits per heavy atom. The SMILES string of the molecule is CCCc1ccc(C(O)c2ccoc2Cl)cc1. The van der Waals surface area contributed by atoms with Crippen molar-refractivity contribution in [1.82, 2.24) is 0 Å². The van der Waals surface area contributed by atoms with Crippen LogP contribution < -0.4 is 0 Å². The average Bonchev–Trinajstić information content (AvgIpc) is 2.76. The quantitative estimate of drug-likeness (QED) is 0.891. The van der Waals surface area contributed by atoms with Crippen molar-refractivity contribution in [2.45, 2.75) is 25.9 Å². The van der Waals surface area contributed by atoms with Gasteiger partial charge in [0.25, 0.3) is 0 Å². The van der Waals surface area contributed by atoms with E-state index < -0.39 is 6.10 Å². The Hall–Kier alpha value is -1.25. The van der Waals surface area contributed by atoms with Gasteiger partial charge in [0.05, 0.1) is 6.26 Å². The normalized spacial score (nSPS) is 12.6. The van der Waals surface area contributed by atoms with Crippen LogP contribution in [0.5, 0.6) is 0 Å². The van der Waals surface area contributed by atoms with Crippen LogP contribution in [0.3, 0.4) is 0 Å². The monoisotopic (exact) mass is 250 g/mol. The van der Waals surface area contributed by atoms with Gasteiger partial charge >= 0.3 is 0 Å². The smallest absolute Gasteiger partial charge is 0.199 e. The Kier molecular flexibility index (Phi) is 3.87. The van der Waals surface area contributed by atoms with Gasteiger partial charge in [0, 0.05) is 5.56 Å². The zero-order chi connectivity index (χ0) is 12.3. The van der Waals surface area contributed by atoms with E-state index in [1.807, 2.05) is 24.3 Å². The second kappa shape index (κ2) is 5.39. The fourth-order valence-corrected chi connectivity index (χ4v) is 2.05.